The number of hydrogen-bond acceptors (Lipinski definition) is 5. The maximum absolute atomic E-state index is 12.1. The average molecular weight is 337 g/mol. The Morgan fingerprint density at radius 1 is 1.16 bits per heavy atom. The van der Waals surface area contributed by atoms with E-state index in [1.165, 1.54) is 6.33 Å². The van der Waals surface area contributed by atoms with Crippen LogP contribution in [0, 0.1) is 20.8 Å². The summed E-state index contributed by atoms with van der Waals surface area (Å²) in [6.45, 7) is 5.73. The topological polar surface area (TPSA) is 81.9 Å². The lowest BCUT2D eigenvalue weighted by Crippen LogP contribution is -2.21. The molecular formula is C18H19N5O2. The van der Waals surface area contributed by atoms with Crippen molar-refractivity contribution in [2.75, 3.05) is 11.9 Å². The van der Waals surface area contributed by atoms with Crippen molar-refractivity contribution >= 4 is 11.7 Å². The summed E-state index contributed by atoms with van der Waals surface area (Å²) in [4.78, 5) is 20.3. The molecule has 7 nitrogen and oxygen atoms in total. The van der Waals surface area contributed by atoms with Crippen LogP contribution >= 0.6 is 0 Å². The summed E-state index contributed by atoms with van der Waals surface area (Å²) in [5.41, 5.74) is 2.92. The molecule has 25 heavy (non-hydrogen) atoms. The van der Waals surface area contributed by atoms with Gasteiger partial charge in [0.05, 0.1) is 5.69 Å². The van der Waals surface area contributed by atoms with Crippen LogP contribution in [0.25, 0.3) is 5.82 Å². The van der Waals surface area contributed by atoms with Gasteiger partial charge in [-0.2, -0.15) is 5.10 Å². The summed E-state index contributed by atoms with van der Waals surface area (Å²) in [6, 6.07) is 11.2. The van der Waals surface area contributed by atoms with Gasteiger partial charge >= 0.3 is 0 Å². The van der Waals surface area contributed by atoms with E-state index in [1.807, 2.05) is 51.1 Å². The summed E-state index contributed by atoms with van der Waals surface area (Å²) in [5, 5.41) is 7.08. The Morgan fingerprint density at radius 2 is 2.00 bits per heavy atom. The predicted octanol–water partition coefficient (Wildman–Crippen LogP) is 2.61. The van der Waals surface area contributed by atoms with Crippen molar-refractivity contribution < 1.29 is 9.53 Å². The Labute approximate surface area is 145 Å². The highest BCUT2D eigenvalue weighted by Crippen LogP contribution is 2.14. The minimum atomic E-state index is -0.292. The fraction of sp³-hybridized carbons (Fsp3) is 0.222. The van der Waals surface area contributed by atoms with Gasteiger partial charge in [0.1, 0.15) is 17.9 Å². The summed E-state index contributed by atoms with van der Waals surface area (Å²) in [6.07, 6.45) is 1.39. The molecule has 3 rings (SSSR count). The normalized spacial score (nSPS) is 10.5. The second-order valence-electron chi connectivity index (χ2n) is 5.75. The van der Waals surface area contributed by atoms with Gasteiger partial charge in [-0.25, -0.2) is 14.6 Å². The SMILES string of the molecule is Cc1cccc(OCC(=O)Nc2cc(-n3nc(C)cc3C)ncn2)c1. The Balaban J connectivity index is 1.65. The van der Waals surface area contributed by atoms with E-state index in [1.54, 1.807) is 10.7 Å². The molecule has 2 heterocycles. The molecule has 128 valence electrons. The van der Waals surface area contributed by atoms with Gasteiger partial charge in [0.25, 0.3) is 5.91 Å². The molecule has 0 saturated carbocycles. The van der Waals surface area contributed by atoms with Crippen molar-refractivity contribution in [1.29, 1.82) is 0 Å². The lowest BCUT2D eigenvalue weighted by molar-refractivity contribution is -0.118. The zero-order chi connectivity index (χ0) is 17.8. The van der Waals surface area contributed by atoms with Crippen molar-refractivity contribution in [3.8, 4) is 11.6 Å². The van der Waals surface area contributed by atoms with E-state index in [9.17, 15) is 4.79 Å². The molecule has 0 saturated heterocycles. The largest absolute Gasteiger partial charge is 0.484 e. The number of aromatic nitrogens is 4. The number of carbonyl (C=O) groups is 1. The molecule has 1 aromatic carbocycles. The molecule has 2 aromatic heterocycles. The smallest absolute Gasteiger partial charge is 0.263 e. The molecule has 0 fully saturated rings. The van der Waals surface area contributed by atoms with Crippen molar-refractivity contribution in [2.45, 2.75) is 20.8 Å². The number of hydrogen-bond donors (Lipinski definition) is 1. The van der Waals surface area contributed by atoms with Crippen molar-refractivity contribution in [3.63, 3.8) is 0 Å². The van der Waals surface area contributed by atoms with Gasteiger partial charge in [-0.3, -0.25) is 4.79 Å². The lowest BCUT2D eigenvalue weighted by Gasteiger charge is -2.09. The highest BCUT2D eigenvalue weighted by Gasteiger charge is 2.09. The van der Waals surface area contributed by atoms with Crippen LogP contribution in [-0.2, 0) is 4.79 Å². The number of amides is 1. The predicted molar refractivity (Wildman–Crippen MR) is 93.9 cm³/mol. The maximum atomic E-state index is 12.1. The lowest BCUT2D eigenvalue weighted by atomic mass is 10.2. The van der Waals surface area contributed by atoms with Crippen LogP contribution in [0.5, 0.6) is 5.75 Å². The van der Waals surface area contributed by atoms with Crippen LogP contribution in [0.3, 0.4) is 0 Å². The molecule has 0 bridgehead atoms. The average Bonchev–Trinajstić information content (AvgIpc) is 2.92. The zero-order valence-corrected chi connectivity index (χ0v) is 14.4. The molecule has 1 amide bonds. The highest BCUT2D eigenvalue weighted by molar-refractivity contribution is 5.91. The number of benzene rings is 1. The second-order valence-corrected chi connectivity index (χ2v) is 5.75. The Kier molecular flexibility index (Phi) is 4.74. The third-order valence-corrected chi connectivity index (χ3v) is 3.51. The number of nitrogens with one attached hydrogen (secondary N) is 1. The van der Waals surface area contributed by atoms with E-state index in [-0.39, 0.29) is 12.5 Å². The summed E-state index contributed by atoms with van der Waals surface area (Å²) >= 11 is 0. The summed E-state index contributed by atoms with van der Waals surface area (Å²) < 4.78 is 7.19. The summed E-state index contributed by atoms with van der Waals surface area (Å²) in [7, 11) is 0. The Bertz CT molecular complexity index is 904. The van der Waals surface area contributed by atoms with Gasteiger partial charge in [0.2, 0.25) is 0 Å². The molecule has 1 N–H and O–H groups in total. The maximum Gasteiger partial charge on any atom is 0.263 e. The minimum Gasteiger partial charge on any atom is -0.484 e. The fourth-order valence-corrected chi connectivity index (χ4v) is 2.42. The standard InChI is InChI=1S/C18H19N5O2/c1-12-5-4-6-15(7-12)25-10-18(24)21-16-9-17(20-11-19-16)23-14(3)8-13(2)22-23/h4-9,11H,10H2,1-3H3,(H,19,20,21,24). The van der Waals surface area contributed by atoms with Gasteiger partial charge in [0.15, 0.2) is 12.4 Å². The molecular weight excluding hydrogens is 318 g/mol. The second kappa shape index (κ2) is 7.12. The van der Waals surface area contributed by atoms with Crippen molar-refractivity contribution in [1.82, 2.24) is 19.7 Å². The Morgan fingerprint density at radius 3 is 2.72 bits per heavy atom. The van der Waals surface area contributed by atoms with Gasteiger partial charge in [0, 0.05) is 11.8 Å². The summed E-state index contributed by atoms with van der Waals surface area (Å²) in [5.74, 6) is 1.35. The molecule has 3 aromatic rings. The first kappa shape index (κ1) is 16.6. The van der Waals surface area contributed by atoms with E-state index in [4.69, 9.17) is 4.74 Å². The van der Waals surface area contributed by atoms with E-state index in [0.717, 1.165) is 17.0 Å². The number of ether oxygens (including phenoxy) is 1. The first-order valence-corrected chi connectivity index (χ1v) is 7.86. The molecule has 0 unspecified atom stereocenters. The quantitative estimate of drug-likeness (QED) is 0.774. The zero-order valence-electron chi connectivity index (χ0n) is 14.4. The van der Waals surface area contributed by atoms with E-state index in [0.29, 0.717) is 17.4 Å². The Hall–Kier alpha value is -3.22. The number of carbonyl (C=O) groups excluding carboxylic acids is 1. The molecule has 0 aliphatic carbocycles. The van der Waals surface area contributed by atoms with E-state index >= 15 is 0 Å². The monoisotopic (exact) mass is 337 g/mol. The minimum absolute atomic E-state index is 0.0945. The van der Waals surface area contributed by atoms with Gasteiger partial charge in [-0.05, 0) is 44.5 Å². The molecule has 0 aliphatic rings. The molecule has 7 heteroatoms. The van der Waals surface area contributed by atoms with Crippen LogP contribution in [0.15, 0.2) is 42.7 Å². The highest BCUT2D eigenvalue weighted by atomic mass is 16.5. The third-order valence-electron chi connectivity index (χ3n) is 3.51. The van der Waals surface area contributed by atoms with E-state index in [2.05, 4.69) is 20.4 Å². The van der Waals surface area contributed by atoms with Gasteiger partial charge in [-0.1, -0.05) is 12.1 Å². The van der Waals surface area contributed by atoms with Crippen LogP contribution in [0.1, 0.15) is 17.0 Å². The van der Waals surface area contributed by atoms with Crippen LogP contribution in [0.2, 0.25) is 0 Å². The molecule has 0 atom stereocenters. The first-order valence-electron chi connectivity index (χ1n) is 7.86. The van der Waals surface area contributed by atoms with Crippen molar-refractivity contribution in [2.24, 2.45) is 0 Å². The fourth-order valence-electron chi connectivity index (χ4n) is 2.42. The first-order chi connectivity index (χ1) is 12.0. The van der Waals surface area contributed by atoms with Crippen LogP contribution in [0.4, 0.5) is 5.82 Å². The van der Waals surface area contributed by atoms with Gasteiger partial charge in [-0.15, -0.1) is 0 Å². The van der Waals surface area contributed by atoms with Crippen LogP contribution in [-0.4, -0.2) is 32.3 Å². The number of anilines is 1. The van der Waals surface area contributed by atoms with Gasteiger partial charge < -0.3 is 10.1 Å². The van der Waals surface area contributed by atoms with Crippen molar-refractivity contribution in [3.05, 3.63) is 59.7 Å². The number of rotatable bonds is 5. The molecule has 0 spiro atoms. The molecule has 0 aliphatic heterocycles. The number of nitrogens with zero attached hydrogens (tertiary/aromatic N) is 4. The molecule has 0 radical (unpaired) electrons. The number of aryl methyl sites for hydroxylation is 3. The van der Waals surface area contributed by atoms with Crippen LogP contribution < -0.4 is 10.1 Å². The third kappa shape index (κ3) is 4.20. The van der Waals surface area contributed by atoms with E-state index < -0.39 is 0 Å².